The molecule has 0 unspecified atom stereocenters. The molecule has 0 aliphatic carbocycles. The molecule has 0 saturated heterocycles. The van der Waals surface area contributed by atoms with Crippen molar-refractivity contribution in [3.8, 4) is 0 Å². The van der Waals surface area contributed by atoms with Gasteiger partial charge in [-0.2, -0.15) is 13.2 Å². The zero-order valence-electron chi connectivity index (χ0n) is 8.97. The summed E-state index contributed by atoms with van der Waals surface area (Å²) in [7, 11) is 0. The Labute approximate surface area is 90.8 Å². The van der Waals surface area contributed by atoms with Gasteiger partial charge in [-0.15, -0.1) is 0 Å². The summed E-state index contributed by atoms with van der Waals surface area (Å²) in [5.74, 6) is -3.67. The van der Waals surface area contributed by atoms with E-state index < -0.39 is 30.5 Å². The minimum Gasteiger partial charge on any atom is -0.481 e. The lowest BCUT2D eigenvalue weighted by Crippen LogP contribution is -2.46. The van der Waals surface area contributed by atoms with Crippen LogP contribution in [-0.4, -0.2) is 29.2 Å². The van der Waals surface area contributed by atoms with E-state index in [2.05, 4.69) is 0 Å². The molecule has 2 atom stereocenters. The first-order valence-electron chi connectivity index (χ1n) is 4.78. The summed E-state index contributed by atoms with van der Waals surface area (Å²) in [4.78, 5) is 21.1. The molecule has 4 nitrogen and oxygen atoms in total. The molecule has 2 N–H and O–H groups in total. The smallest absolute Gasteiger partial charge is 0.471 e. The van der Waals surface area contributed by atoms with E-state index >= 15 is 0 Å². The number of hydrogen-bond acceptors (Lipinski definition) is 2. The van der Waals surface area contributed by atoms with Gasteiger partial charge in [0.1, 0.15) is 0 Å². The number of aliphatic carboxylic acids is 1. The van der Waals surface area contributed by atoms with Gasteiger partial charge in [0.15, 0.2) is 0 Å². The summed E-state index contributed by atoms with van der Waals surface area (Å²) < 4.78 is 35.9. The maximum atomic E-state index is 12.0. The fourth-order valence-corrected chi connectivity index (χ4v) is 1.12. The highest BCUT2D eigenvalue weighted by Gasteiger charge is 2.40. The van der Waals surface area contributed by atoms with Crippen LogP contribution >= 0.6 is 0 Å². The highest BCUT2D eigenvalue weighted by Crippen LogP contribution is 2.17. The van der Waals surface area contributed by atoms with Crippen molar-refractivity contribution in [1.29, 1.82) is 0 Å². The van der Waals surface area contributed by atoms with E-state index in [-0.39, 0.29) is 5.92 Å². The van der Waals surface area contributed by atoms with Gasteiger partial charge in [0.05, 0.1) is 6.42 Å². The van der Waals surface area contributed by atoms with Gasteiger partial charge in [-0.3, -0.25) is 9.59 Å². The fourth-order valence-electron chi connectivity index (χ4n) is 1.12. The zero-order valence-corrected chi connectivity index (χ0v) is 8.97. The van der Waals surface area contributed by atoms with E-state index in [4.69, 9.17) is 5.11 Å². The third kappa shape index (κ3) is 4.99. The molecule has 7 heteroatoms. The SMILES string of the molecule is CC[C@@H](C)[C@H](CC(=O)O)NC(=O)C(F)(F)F. The molecule has 0 fully saturated rings. The van der Waals surface area contributed by atoms with Crippen molar-refractivity contribution in [2.45, 2.75) is 38.9 Å². The number of alkyl halides is 3. The first-order chi connectivity index (χ1) is 7.18. The van der Waals surface area contributed by atoms with E-state index in [9.17, 15) is 22.8 Å². The number of amides is 1. The Morgan fingerprint density at radius 1 is 1.38 bits per heavy atom. The van der Waals surface area contributed by atoms with Crippen LogP contribution in [0.1, 0.15) is 26.7 Å². The van der Waals surface area contributed by atoms with E-state index in [1.54, 1.807) is 19.2 Å². The van der Waals surface area contributed by atoms with Crippen LogP contribution in [0.25, 0.3) is 0 Å². The predicted octanol–water partition coefficient (Wildman–Crippen LogP) is 1.55. The average Bonchev–Trinajstić information content (AvgIpc) is 2.13. The molecule has 0 radical (unpaired) electrons. The minimum atomic E-state index is -4.98. The van der Waals surface area contributed by atoms with Crippen LogP contribution in [0, 0.1) is 5.92 Å². The van der Waals surface area contributed by atoms with Crippen LogP contribution in [0.15, 0.2) is 0 Å². The minimum absolute atomic E-state index is 0.331. The van der Waals surface area contributed by atoms with Crippen molar-refractivity contribution in [1.82, 2.24) is 5.32 Å². The standard InChI is InChI=1S/C9H14F3NO3/c1-3-5(2)6(4-7(14)15)13-8(16)9(10,11)12/h5-6H,3-4H2,1-2H3,(H,13,16)(H,14,15)/t5-,6+/m1/s1. The largest absolute Gasteiger partial charge is 0.481 e. The number of nitrogens with one attached hydrogen (secondary N) is 1. The lowest BCUT2D eigenvalue weighted by Gasteiger charge is -2.23. The van der Waals surface area contributed by atoms with E-state index in [1.807, 2.05) is 0 Å². The van der Waals surface area contributed by atoms with Crippen molar-refractivity contribution in [3.63, 3.8) is 0 Å². The molecule has 0 rings (SSSR count). The number of carbonyl (C=O) groups excluding carboxylic acids is 1. The highest BCUT2D eigenvalue weighted by molar-refractivity contribution is 5.82. The summed E-state index contributed by atoms with van der Waals surface area (Å²) in [5.41, 5.74) is 0. The maximum absolute atomic E-state index is 12.0. The quantitative estimate of drug-likeness (QED) is 0.767. The summed E-state index contributed by atoms with van der Waals surface area (Å²) in [6.45, 7) is 3.30. The molecule has 16 heavy (non-hydrogen) atoms. The molecule has 0 aliphatic rings. The monoisotopic (exact) mass is 241 g/mol. The van der Waals surface area contributed by atoms with Gasteiger partial charge in [-0.1, -0.05) is 20.3 Å². The molecule has 1 amide bonds. The third-order valence-electron chi connectivity index (χ3n) is 2.30. The Bertz CT molecular complexity index is 265. The summed E-state index contributed by atoms with van der Waals surface area (Å²) in [6, 6.07) is -1.00. The Balaban J connectivity index is 4.55. The lowest BCUT2D eigenvalue weighted by molar-refractivity contribution is -0.175. The molecule has 0 spiro atoms. The van der Waals surface area contributed by atoms with Gasteiger partial charge in [0.25, 0.3) is 0 Å². The molecule has 94 valence electrons. The number of carbonyl (C=O) groups is 2. The van der Waals surface area contributed by atoms with E-state index in [1.165, 1.54) is 0 Å². The van der Waals surface area contributed by atoms with Crippen molar-refractivity contribution < 1.29 is 27.9 Å². The van der Waals surface area contributed by atoms with Crippen LogP contribution in [0.2, 0.25) is 0 Å². The zero-order chi connectivity index (χ0) is 12.9. The van der Waals surface area contributed by atoms with Crippen molar-refractivity contribution in [3.05, 3.63) is 0 Å². The van der Waals surface area contributed by atoms with E-state index in [0.717, 1.165) is 0 Å². The number of hydrogen-bond donors (Lipinski definition) is 2. The van der Waals surface area contributed by atoms with Gasteiger partial charge in [-0.25, -0.2) is 0 Å². The van der Waals surface area contributed by atoms with Gasteiger partial charge in [0, 0.05) is 6.04 Å². The fraction of sp³-hybridized carbons (Fsp3) is 0.778. The summed E-state index contributed by atoms with van der Waals surface area (Å²) in [5, 5.41) is 10.2. The Morgan fingerprint density at radius 2 is 1.88 bits per heavy atom. The van der Waals surface area contributed by atoms with Crippen LogP contribution in [0.3, 0.4) is 0 Å². The second-order valence-corrected chi connectivity index (χ2v) is 3.56. The average molecular weight is 241 g/mol. The molecule has 0 bridgehead atoms. The number of rotatable bonds is 5. The summed E-state index contributed by atoms with van der Waals surface area (Å²) in [6.07, 6.45) is -5.02. The molecule has 0 aromatic carbocycles. The number of halogens is 3. The molecule has 0 heterocycles. The molecule has 0 saturated carbocycles. The second-order valence-electron chi connectivity index (χ2n) is 3.56. The van der Waals surface area contributed by atoms with Gasteiger partial charge in [-0.05, 0) is 5.92 Å². The van der Waals surface area contributed by atoms with E-state index in [0.29, 0.717) is 6.42 Å². The van der Waals surface area contributed by atoms with Gasteiger partial charge < -0.3 is 10.4 Å². The highest BCUT2D eigenvalue weighted by atomic mass is 19.4. The maximum Gasteiger partial charge on any atom is 0.471 e. The Morgan fingerprint density at radius 3 is 2.19 bits per heavy atom. The van der Waals surface area contributed by atoms with Gasteiger partial charge >= 0.3 is 18.1 Å². The van der Waals surface area contributed by atoms with Crippen molar-refractivity contribution in [2.24, 2.45) is 5.92 Å². The van der Waals surface area contributed by atoms with Gasteiger partial charge in [0.2, 0.25) is 0 Å². The summed E-state index contributed by atoms with van der Waals surface area (Å²) >= 11 is 0. The molecule has 0 aromatic rings. The number of carboxylic acids is 1. The topological polar surface area (TPSA) is 66.4 Å². The van der Waals surface area contributed by atoms with Crippen molar-refractivity contribution >= 4 is 11.9 Å². The van der Waals surface area contributed by atoms with Crippen molar-refractivity contribution in [2.75, 3.05) is 0 Å². The molecule has 0 aromatic heterocycles. The molecular weight excluding hydrogens is 227 g/mol. The molecule has 0 aliphatic heterocycles. The van der Waals surface area contributed by atoms with Crippen LogP contribution < -0.4 is 5.32 Å². The first kappa shape index (κ1) is 14.7. The first-order valence-corrected chi connectivity index (χ1v) is 4.78. The predicted molar refractivity (Wildman–Crippen MR) is 49.7 cm³/mol. The van der Waals surface area contributed by atoms with Crippen LogP contribution in [0.5, 0.6) is 0 Å². The normalized spacial score (nSPS) is 15.3. The van der Waals surface area contributed by atoms with Crippen LogP contribution in [-0.2, 0) is 9.59 Å². The lowest BCUT2D eigenvalue weighted by atomic mass is 9.96. The number of carboxylic acid groups (broad SMARTS) is 1. The second kappa shape index (κ2) is 5.72. The Hall–Kier alpha value is -1.27. The molecular formula is C9H14F3NO3. The third-order valence-corrected chi connectivity index (χ3v) is 2.30. The van der Waals surface area contributed by atoms with Crippen LogP contribution in [0.4, 0.5) is 13.2 Å². The Kier molecular flexibility index (Phi) is 5.26.